The summed E-state index contributed by atoms with van der Waals surface area (Å²) in [5, 5.41) is 12.2. The van der Waals surface area contributed by atoms with Gasteiger partial charge in [-0.05, 0) is 51.4 Å². The Morgan fingerprint density at radius 1 is 0.875 bits per heavy atom. The van der Waals surface area contributed by atoms with Gasteiger partial charge < -0.3 is 10.4 Å². The Labute approximate surface area is 200 Å². The van der Waals surface area contributed by atoms with E-state index in [-0.39, 0.29) is 18.9 Å². The van der Waals surface area contributed by atoms with Gasteiger partial charge in [0.05, 0.1) is 30.6 Å². The first-order chi connectivity index (χ1) is 15.6. The Hall–Kier alpha value is -3.10. The predicted octanol–water partition coefficient (Wildman–Crippen LogP) is 5.01. The molecule has 1 amide bonds. The van der Waals surface area contributed by atoms with Gasteiger partial charge in [0.1, 0.15) is 0 Å². The maximum atomic E-state index is 12.7. The molecule has 0 atom stereocenters. The Bertz CT molecular complexity index is 1190. The van der Waals surface area contributed by atoms with Crippen LogP contribution in [0.4, 0.5) is 5.82 Å². The monoisotopic (exact) mass is 535 g/mol. The van der Waals surface area contributed by atoms with E-state index in [1.165, 1.54) is 0 Å². The van der Waals surface area contributed by atoms with Crippen molar-refractivity contribution in [3.05, 3.63) is 111 Å². The maximum Gasteiger partial charge on any atom is 0.229 e. The summed E-state index contributed by atoms with van der Waals surface area (Å²) in [6.07, 6.45) is 2.49. The van der Waals surface area contributed by atoms with E-state index in [0.29, 0.717) is 17.9 Å². The summed E-state index contributed by atoms with van der Waals surface area (Å²) >= 11 is 2.24. The average Bonchev–Trinajstić information content (AvgIpc) is 2.82. The molecule has 3 aromatic carbocycles. The molecule has 0 fully saturated rings. The molecule has 1 heterocycles. The van der Waals surface area contributed by atoms with Crippen molar-refractivity contribution in [2.24, 2.45) is 0 Å². The molecule has 4 aromatic rings. The fourth-order valence-electron chi connectivity index (χ4n) is 3.33. The van der Waals surface area contributed by atoms with Crippen LogP contribution >= 0.6 is 22.6 Å². The van der Waals surface area contributed by atoms with Gasteiger partial charge in [-0.15, -0.1) is 0 Å². The highest BCUT2D eigenvalue weighted by Gasteiger charge is 2.13. The Morgan fingerprint density at radius 2 is 1.56 bits per heavy atom. The maximum absolute atomic E-state index is 12.7. The molecule has 0 saturated heterocycles. The zero-order valence-electron chi connectivity index (χ0n) is 17.3. The minimum Gasteiger partial charge on any atom is -0.392 e. The highest BCUT2D eigenvalue weighted by molar-refractivity contribution is 14.1. The minimum absolute atomic E-state index is 0.00322. The molecule has 6 heteroatoms. The Kier molecular flexibility index (Phi) is 7.24. The van der Waals surface area contributed by atoms with Gasteiger partial charge in [-0.2, -0.15) is 0 Å². The number of hydrogen-bond acceptors (Lipinski definition) is 4. The molecular weight excluding hydrogens is 513 g/mol. The van der Waals surface area contributed by atoms with Crippen LogP contribution in [0.25, 0.3) is 11.3 Å². The fraction of sp³-hybridized carbons (Fsp3) is 0.115. The number of halogens is 1. The first-order valence-electron chi connectivity index (χ1n) is 10.2. The largest absolute Gasteiger partial charge is 0.392 e. The number of carbonyl (C=O) groups excluding carboxylic acids is 1. The third-order valence-corrected chi connectivity index (χ3v) is 5.75. The molecule has 0 saturated carbocycles. The van der Waals surface area contributed by atoms with Gasteiger partial charge in [-0.3, -0.25) is 4.79 Å². The molecule has 0 aliphatic heterocycles. The Balaban J connectivity index is 1.60. The molecule has 32 heavy (non-hydrogen) atoms. The summed E-state index contributed by atoms with van der Waals surface area (Å²) < 4.78 is 1.13. The smallest absolute Gasteiger partial charge is 0.229 e. The second-order valence-corrected chi connectivity index (χ2v) is 8.67. The van der Waals surface area contributed by atoms with Crippen LogP contribution in [-0.2, 0) is 24.2 Å². The lowest BCUT2D eigenvalue weighted by Gasteiger charge is -2.12. The van der Waals surface area contributed by atoms with E-state index in [9.17, 15) is 9.90 Å². The topological polar surface area (TPSA) is 75.1 Å². The van der Waals surface area contributed by atoms with Crippen molar-refractivity contribution in [1.82, 2.24) is 9.97 Å². The van der Waals surface area contributed by atoms with Gasteiger partial charge in [0.25, 0.3) is 0 Å². The number of benzene rings is 3. The third kappa shape index (κ3) is 5.77. The molecule has 0 unspecified atom stereocenters. The molecule has 0 radical (unpaired) electrons. The van der Waals surface area contributed by atoms with E-state index >= 15 is 0 Å². The van der Waals surface area contributed by atoms with Crippen LogP contribution < -0.4 is 5.32 Å². The average molecular weight is 535 g/mol. The number of nitrogens with zero attached hydrogens (tertiary/aromatic N) is 2. The molecule has 1 aromatic heterocycles. The van der Waals surface area contributed by atoms with Crippen LogP contribution in [-0.4, -0.2) is 21.0 Å². The predicted molar refractivity (Wildman–Crippen MR) is 134 cm³/mol. The van der Waals surface area contributed by atoms with Crippen molar-refractivity contribution in [3.8, 4) is 11.3 Å². The van der Waals surface area contributed by atoms with Crippen molar-refractivity contribution < 1.29 is 9.90 Å². The molecule has 0 aliphatic rings. The standard InChI is InChI=1S/C26H22IN3O2/c27-22-12-8-19(9-13-22)15-25(32)30-26-23(14-18-4-2-1-3-5-18)29-24(16-28-26)21-10-6-20(17-31)7-11-21/h1-13,16,31H,14-15,17H2,(H,28,30,32). The van der Waals surface area contributed by atoms with Gasteiger partial charge in [0.15, 0.2) is 5.82 Å². The Morgan fingerprint density at radius 3 is 2.25 bits per heavy atom. The van der Waals surface area contributed by atoms with E-state index in [4.69, 9.17) is 4.98 Å². The SMILES string of the molecule is O=C(Cc1ccc(I)cc1)Nc1ncc(-c2ccc(CO)cc2)nc1Cc1ccccc1. The van der Waals surface area contributed by atoms with Crippen LogP contribution in [0.1, 0.15) is 22.4 Å². The van der Waals surface area contributed by atoms with Crippen LogP contribution in [0.15, 0.2) is 85.1 Å². The lowest BCUT2D eigenvalue weighted by Crippen LogP contribution is -2.17. The lowest BCUT2D eigenvalue weighted by molar-refractivity contribution is -0.115. The summed E-state index contributed by atoms with van der Waals surface area (Å²) in [5.41, 5.74) is 5.20. The number of rotatable bonds is 7. The molecule has 4 rings (SSSR count). The molecule has 0 aliphatic carbocycles. The molecule has 0 spiro atoms. The van der Waals surface area contributed by atoms with E-state index < -0.39 is 0 Å². The normalized spacial score (nSPS) is 10.7. The van der Waals surface area contributed by atoms with E-state index in [2.05, 4.69) is 32.9 Å². The number of hydrogen-bond donors (Lipinski definition) is 2. The van der Waals surface area contributed by atoms with E-state index in [1.807, 2.05) is 78.9 Å². The zero-order chi connectivity index (χ0) is 22.3. The highest BCUT2D eigenvalue weighted by Crippen LogP contribution is 2.22. The van der Waals surface area contributed by atoms with Gasteiger partial charge in [0, 0.05) is 15.6 Å². The number of nitrogens with one attached hydrogen (secondary N) is 1. The van der Waals surface area contributed by atoms with E-state index in [1.54, 1.807) is 6.20 Å². The van der Waals surface area contributed by atoms with Crippen molar-refractivity contribution in [1.29, 1.82) is 0 Å². The summed E-state index contributed by atoms with van der Waals surface area (Å²) in [4.78, 5) is 22.1. The second kappa shape index (κ2) is 10.5. The second-order valence-electron chi connectivity index (χ2n) is 7.42. The number of aliphatic hydroxyl groups is 1. The number of carbonyl (C=O) groups is 1. The van der Waals surface area contributed by atoms with Crippen molar-refractivity contribution in [3.63, 3.8) is 0 Å². The van der Waals surface area contributed by atoms with Crippen molar-refractivity contribution in [2.75, 3.05) is 5.32 Å². The highest BCUT2D eigenvalue weighted by atomic mass is 127. The van der Waals surface area contributed by atoms with Crippen molar-refractivity contribution in [2.45, 2.75) is 19.4 Å². The summed E-state index contributed by atoms with van der Waals surface area (Å²) in [5.74, 6) is 0.343. The fourth-order valence-corrected chi connectivity index (χ4v) is 3.69. The minimum atomic E-state index is -0.130. The van der Waals surface area contributed by atoms with Gasteiger partial charge >= 0.3 is 0 Å². The number of amides is 1. The van der Waals surface area contributed by atoms with Crippen LogP contribution in [0.3, 0.4) is 0 Å². The third-order valence-electron chi connectivity index (χ3n) is 5.03. The quantitative estimate of drug-likeness (QED) is 0.327. The molecule has 2 N–H and O–H groups in total. The summed E-state index contributed by atoms with van der Waals surface area (Å²) in [6.45, 7) is -0.00322. The molecule has 0 bridgehead atoms. The summed E-state index contributed by atoms with van der Waals surface area (Å²) in [7, 11) is 0. The van der Waals surface area contributed by atoms with Gasteiger partial charge in [0.2, 0.25) is 5.91 Å². The van der Waals surface area contributed by atoms with Crippen LogP contribution in [0.2, 0.25) is 0 Å². The molecule has 5 nitrogen and oxygen atoms in total. The molecular formula is C26H22IN3O2. The number of aliphatic hydroxyl groups excluding tert-OH is 1. The first kappa shape index (κ1) is 22.1. The van der Waals surface area contributed by atoms with E-state index in [0.717, 1.165) is 31.5 Å². The lowest BCUT2D eigenvalue weighted by atomic mass is 10.1. The van der Waals surface area contributed by atoms with Crippen LogP contribution in [0.5, 0.6) is 0 Å². The zero-order valence-corrected chi connectivity index (χ0v) is 19.5. The van der Waals surface area contributed by atoms with Crippen molar-refractivity contribution >= 4 is 34.3 Å². The molecule has 160 valence electrons. The number of anilines is 1. The van der Waals surface area contributed by atoms with Crippen LogP contribution in [0, 0.1) is 3.57 Å². The number of aromatic nitrogens is 2. The first-order valence-corrected chi connectivity index (χ1v) is 11.3. The van der Waals surface area contributed by atoms with Gasteiger partial charge in [-0.25, -0.2) is 9.97 Å². The van der Waals surface area contributed by atoms with Gasteiger partial charge in [-0.1, -0.05) is 66.7 Å². The summed E-state index contributed by atoms with van der Waals surface area (Å²) in [6, 6.07) is 25.4.